The van der Waals surface area contributed by atoms with Crippen LogP contribution >= 0.6 is 0 Å². The SMILES string of the molecule is O=S(=O)(CC1CO1)c1ccc(F)c2ccccc12. The van der Waals surface area contributed by atoms with E-state index in [0.29, 0.717) is 17.4 Å². The smallest absolute Gasteiger partial charge is 0.181 e. The Bertz CT molecular complexity index is 705. The van der Waals surface area contributed by atoms with Crippen molar-refractivity contribution >= 4 is 20.6 Å². The van der Waals surface area contributed by atoms with Crippen LogP contribution < -0.4 is 0 Å². The van der Waals surface area contributed by atoms with Gasteiger partial charge in [-0.25, -0.2) is 12.8 Å². The van der Waals surface area contributed by atoms with E-state index in [1.54, 1.807) is 24.3 Å². The van der Waals surface area contributed by atoms with Gasteiger partial charge in [0.2, 0.25) is 0 Å². The van der Waals surface area contributed by atoms with E-state index in [1.165, 1.54) is 12.1 Å². The fourth-order valence-electron chi connectivity index (χ4n) is 2.00. The van der Waals surface area contributed by atoms with Crippen molar-refractivity contribution in [3.63, 3.8) is 0 Å². The molecule has 0 bridgehead atoms. The predicted octanol–water partition coefficient (Wildman–Crippen LogP) is 2.15. The van der Waals surface area contributed by atoms with Gasteiger partial charge in [-0.1, -0.05) is 24.3 Å². The lowest BCUT2D eigenvalue weighted by atomic mass is 10.1. The minimum Gasteiger partial charge on any atom is -0.372 e. The molecular weight excluding hydrogens is 255 g/mol. The van der Waals surface area contributed by atoms with E-state index in [1.807, 2.05) is 0 Å². The van der Waals surface area contributed by atoms with Gasteiger partial charge in [-0.15, -0.1) is 0 Å². The first-order valence-electron chi connectivity index (χ1n) is 5.59. The first-order chi connectivity index (χ1) is 8.58. The molecule has 0 amide bonds. The van der Waals surface area contributed by atoms with E-state index >= 15 is 0 Å². The highest BCUT2D eigenvalue weighted by Crippen LogP contribution is 2.27. The maximum atomic E-state index is 13.6. The van der Waals surface area contributed by atoms with Crippen molar-refractivity contribution in [2.75, 3.05) is 12.4 Å². The fraction of sp³-hybridized carbons (Fsp3) is 0.231. The largest absolute Gasteiger partial charge is 0.372 e. The Balaban J connectivity index is 2.20. The van der Waals surface area contributed by atoms with Gasteiger partial charge in [0.05, 0.1) is 23.4 Å². The average Bonchev–Trinajstić information content (AvgIpc) is 3.12. The number of epoxide rings is 1. The van der Waals surface area contributed by atoms with Crippen molar-refractivity contribution in [3.05, 3.63) is 42.2 Å². The van der Waals surface area contributed by atoms with E-state index in [9.17, 15) is 12.8 Å². The molecule has 1 unspecified atom stereocenters. The van der Waals surface area contributed by atoms with Crippen LogP contribution in [0, 0.1) is 5.82 Å². The Morgan fingerprint density at radius 1 is 1.17 bits per heavy atom. The molecule has 2 aromatic carbocycles. The van der Waals surface area contributed by atoms with Crippen molar-refractivity contribution < 1.29 is 17.5 Å². The van der Waals surface area contributed by atoms with Gasteiger partial charge < -0.3 is 4.74 Å². The lowest BCUT2D eigenvalue weighted by Gasteiger charge is -2.07. The van der Waals surface area contributed by atoms with Crippen LogP contribution in [0.5, 0.6) is 0 Å². The van der Waals surface area contributed by atoms with E-state index in [-0.39, 0.29) is 16.8 Å². The summed E-state index contributed by atoms with van der Waals surface area (Å²) >= 11 is 0. The minimum atomic E-state index is -3.43. The summed E-state index contributed by atoms with van der Waals surface area (Å²) in [5, 5.41) is 0.758. The normalized spacial score (nSPS) is 19.1. The molecule has 3 rings (SSSR count). The fourth-order valence-corrected chi connectivity index (χ4v) is 3.65. The Morgan fingerprint density at radius 3 is 2.50 bits per heavy atom. The van der Waals surface area contributed by atoms with Gasteiger partial charge in [0, 0.05) is 10.8 Å². The molecule has 3 nitrogen and oxygen atoms in total. The zero-order valence-corrected chi connectivity index (χ0v) is 10.3. The standard InChI is InChI=1S/C13H11FO3S/c14-12-5-6-13(11-4-2-1-3-10(11)12)18(15,16)8-9-7-17-9/h1-6,9H,7-8H2. The number of hydrogen-bond acceptors (Lipinski definition) is 3. The maximum absolute atomic E-state index is 13.6. The van der Waals surface area contributed by atoms with Gasteiger partial charge in [-0.05, 0) is 12.1 Å². The Hall–Kier alpha value is -1.46. The zero-order valence-electron chi connectivity index (χ0n) is 9.47. The number of sulfone groups is 1. The topological polar surface area (TPSA) is 46.7 Å². The van der Waals surface area contributed by atoms with E-state index in [4.69, 9.17) is 4.74 Å². The molecule has 0 aromatic heterocycles. The first-order valence-corrected chi connectivity index (χ1v) is 7.25. The lowest BCUT2D eigenvalue weighted by Crippen LogP contribution is -2.12. The molecule has 0 N–H and O–H groups in total. The van der Waals surface area contributed by atoms with Crippen LogP contribution in [-0.2, 0) is 14.6 Å². The third-order valence-corrected chi connectivity index (χ3v) is 4.81. The van der Waals surface area contributed by atoms with Crippen LogP contribution in [-0.4, -0.2) is 26.9 Å². The molecule has 1 saturated heterocycles. The molecule has 94 valence electrons. The summed E-state index contributed by atoms with van der Waals surface area (Å²) in [6.07, 6.45) is -0.209. The van der Waals surface area contributed by atoms with Crippen LogP contribution in [0.15, 0.2) is 41.3 Å². The summed E-state index contributed by atoms with van der Waals surface area (Å²) < 4.78 is 43.0. The molecule has 0 spiro atoms. The van der Waals surface area contributed by atoms with E-state index < -0.39 is 15.7 Å². The molecule has 0 saturated carbocycles. The van der Waals surface area contributed by atoms with Gasteiger partial charge in [-0.2, -0.15) is 0 Å². The van der Waals surface area contributed by atoms with Crippen molar-refractivity contribution in [1.82, 2.24) is 0 Å². The van der Waals surface area contributed by atoms with Crippen LogP contribution in [0.2, 0.25) is 0 Å². The van der Waals surface area contributed by atoms with Gasteiger partial charge in [-0.3, -0.25) is 0 Å². The number of ether oxygens (including phenoxy) is 1. The van der Waals surface area contributed by atoms with Crippen LogP contribution in [0.3, 0.4) is 0 Å². The molecule has 1 atom stereocenters. The third-order valence-electron chi connectivity index (χ3n) is 2.97. The van der Waals surface area contributed by atoms with E-state index in [0.717, 1.165) is 0 Å². The lowest BCUT2D eigenvalue weighted by molar-refractivity contribution is 0.422. The highest BCUT2D eigenvalue weighted by molar-refractivity contribution is 7.91. The molecule has 0 radical (unpaired) electrons. The third kappa shape index (κ3) is 2.00. The van der Waals surface area contributed by atoms with Crippen LogP contribution in [0.25, 0.3) is 10.8 Å². The molecule has 1 aliphatic heterocycles. The van der Waals surface area contributed by atoms with Crippen molar-refractivity contribution in [1.29, 1.82) is 0 Å². The summed E-state index contributed by atoms with van der Waals surface area (Å²) in [5.41, 5.74) is 0. The summed E-state index contributed by atoms with van der Waals surface area (Å²) in [7, 11) is -3.43. The molecule has 0 aliphatic carbocycles. The molecule has 1 heterocycles. The molecule has 5 heteroatoms. The summed E-state index contributed by atoms with van der Waals surface area (Å²) in [5.74, 6) is -0.449. The van der Waals surface area contributed by atoms with Crippen LogP contribution in [0.1, 0.15) is 0 Å². The number of fused-ring (bicyclic) bond motifs is 1. The van der Waals surface area contributed by atoms with Gasteiger partial charge in [0.15, 0.2) is 9.84 Å². The minimum absolute atomic E-state index is 0.0391. The Morgan fingerprint density at radius 2 is 1.83 bits per heavy atom. The van der Waals surface area contributed by atoms with Crippen LogP contribution in [0.4, 0.5) is 4.39 Å². The number of rotatable bonds is 3. The molecule has 1 aliphatic rings. The monoisotopic (exact) mass is 266 g/mol. The average molecular weight is 266 g/mol. The van der Waals surface area contributed by atoms with Gasteiger partial charge in [0.25, 0.3) is 0 Å². The second-order valence-corrected chi connectivity index (χ2v) is 6.33. The zero-order chi connectivity index (χ0) is 12.8. The number of benzene rings is 2. The number of hydrogen-bond donors (Lipinski definition) is 0. The van der Waals surface area contributed by atoms with Crippen molar-refractivity contribution in [2.45, 2.75) is 11.0 Å². The second kappa shape index (κ2) is 4.03. The quantitative estimate of drug-likeness (QED) is 0.631. The first kappa shape index (κ1) is 11.6. The Labute approximate surface area is 104 Å². The van der Waals surface area contributed by atoms with E-state index in [2.05, 4.69) is 0 Å². The molecule has 2 aromatic rings. The molecule has 18 heavy (non-hydrogen) atoms. The summed E-state index contributed by atoms with van der Waals surface area (Å²) in [6.45, 7) is 0.484. The number of halogens is 1. The predicted molar refractivity (Wildman–Crippen MR) is 65.7 cm³/mol. The Kier molecular flexibility index (Phi) is 2.60. The second-order valence-electron chi connectivity index (χ2n) is 4.33. The molecular formula is C13H11FO3S. The highest BCUT2D eigenvalue weighted by atomic mass is 32.2. The van der Waals surface area contributed by atoms with Gasteiger partial charge in [0.1, 0.15) is 5.82 Å². The summed E-state index contributed by atoms with van der Waals surface area (Å²) in [6, 6.07) is 9.12. The maximum Gasteiger partial charge on any atom is 0.181 e. The van der Waals surface area contributed by atoms with Crippen molar-refractivity contribution in [3.8, 4) is 0 Å². The van der Waals surface area contributed by atoms with Crippen molar-refractivity contribution in [2.24, 2.45) is 0 Å². The van der Waals surface area contributed by atoms with Gasteiger partial charge >= 0.3 is 0 Å². The summed E-state index contributed by atoms with van der Waals surface area (Å²) in [4.78, 5) is 0.176. The highest BCUT2D eigenvalue weighted by Gasteiger charge is 2.31. The molecule has 1 fully saturated rings.